The van der Waals surface area contributed by atoms with Crippen LogP contribution in [0.2, 0.25) is 0 Å². The van der Waals surface area contributed by atoms with Crippen LogP contribution in [-0.4, -0.2) is 22.7 Å². The topological polar surface area (TPSA) is 48.0 Å². The molecule has 2 unspecified atom stereocenters. The van der Waals surface area contributed by atoms with Crippen molar-refractivity contribution < 1.29 is 5.11 Å². The molecule has 3 nitrogen and oxygen atoms in total. The van der Waals surface area contributed by atoms with Crippen LogP contribution < -0.4 is 5.32 Å². The lowest BCUT2D eigenvalue weighted by Crippen LogP contribution is -2.46. The van der Waals surface area contributed by atoms with E-state index in [2.05, 4.69) is 41.5 Å². The van der Waals surface area contributed by atoms with Gasteiger partial charge in [-0.05, 0) is 38.3 Å². The Morgan fingerprint density at radius 3 is 2.94 bits per heavy atom. The highest BCUT2D eigenvalue weighted by atomic mass is 16.3. The number of nitrogens with one attached hydrogen (secondary N) is 2. The molecule has 0 spiro atoms. The SMILES string of the molecule is CC(O)CC1(C)NCCc2c1[nH]c1ccccc21. The normalized spacial score (nSPS) is 25.1. The van der Waals surface area contributed by atoms with E-state index in [0.29, 0.717) is 0 Å². The zero-order chi connectivity index (χ0) is 12.8. The molecule has 1 aliphatic heterocycles. The lowest BCUT2D eigenvalue weighted by atomic mass is 9.84. The molecule has 2 heterocycles. The highest BCUT2D eigenvalue weighted by molar-refractivity contribution is 5.85. The van der Waals surface area contributed by atoms with Crippen LogP contribution in [0.4, 0.5) is 0 Å². The Labute approximate surface area is 107 Å². The zero-order valence-corrected chi connectivity index (χ0v) is 11.0. The van der Waals surface area contributed by atoms with E-state index in [1.165, 1.54) is 22.2 Å². The van der Waals surface area contributed by atoms with E-state index in [0.717, 1.165) is 19.4 Å². The van der Waals surface area contributed by atoms with Gasteiger partial charge < -0.3 is 15.4 Å². The molecule has 2 aromatic rings. The summed E-state index contributed by atoms with van der Waals surface area (Å²) in [5.74, 6) is 0. The minimum atomic E-state index is -0.306. The molecule has 0 saturated heterocycles. The fourth-order valence-corrected chi connectivity index (χ4v) is 3.25. The Morgan fingerprint density at radius 1 is 1.39 bits per heavy atom. The molecule has 18 heavy (non-hydrogen) atoms. The summed E-state index contributed by atoms with van der Waals surface area (Å²) in [4.78, 5) is 3.54. The number of benzene rings is 1. The summed E-state index contributed by atoms with van der Waals surface area (Å²) in [6.45, 7) is 5.00. The van der Waals surface area contributed by atoms with Gasteiger partial charge in [-0.2, -0.15) is 0 Å². The monoisotopic (exact) mass is 244 g/mol. The predicted molar refractivity (Wildman–Crippen MR) is 73.7 cm³/mol. The van der Waals surface area contributed by atoms with Gasteiger partial charge in [0, 0.05) is 23.1 Å². The number of H-pyrrole nitrogens is 1. The largest absolute Gasteiger partial charge is 0.393 e. The second-order valence-corrected chi connectivity index (χ2v) is 5.59. The third-order valence-electron chi connectivity index (χ3n) is 3.96. The van der Waals surface area contributed by atoms with E-state index in [9.17, 15) is 5.11 Å². The maximum atomic E-state index is 9.72. The van der Waals surface area contributed by atoms with Crippen molar-refractivity contribution in [1.82, 2.24) is 10.3 Å². The van der Waals surface area contributed by atoms with Gasteiger partial charge >= 0.3 is 0 Å². The van der Waals surface area contributed by atoms with Crippen molar-refractivity contribution in [3.05, 3.63) is 35.5 Å². The van der Waals surface area contributed by atoms with Crippen LogP contribution >= 0.6 is 0 Å². The van der Waals surface area contributed by atoms with Crippen molar-refractivity contribution in [1.29, 1.82) is 0 Å². The van der Waals surface area contributed by atoms with Gasteiger partial charge in [0.2, 0.25) is 0 Å². The van der Waals surface area contributed by atoms with Crippen molar-refractivity contribution in [2.24, 2.45) is 0 Å². The lowest BCUT2D eigenvalue weighted by Gasteiger charge is -2.36. The van der Waals surface area contributed by atoms with Crippen LogP contribution in [0.25, 0.3) is 10.9 Å². The van der Waals surface area contributed by atoms with Crippen molar-refractivity contribution >= 4 is 10.9 Å². The highest BCUT2D eigenvalue weighted by Crippen LogP contribution is 2.35. The summed E-state index contributed by atoms with van der Waals surface area (Å²) in [6, 6.07) is 8.45. The minimum absolute atomic E-state index is 0.152. The van der Waals surface area contributed by atoms with Gasteiger partial charge in [-0.3, -0.25) is 0 Å². The van der Waals surface area contributed by atoms with Gasteiger partial charge in [0.1, 0.15) is 0 Å². The van der Waals surface area contributed by atoms with E-state index in [-0.39, 0.29) is 11.6 Å². The third kappa shape index (κ3) is 1.74. The van der Waals surface area contributed by atoms with Crippen molar-refractivity contribution in [3.8, 4) is 0 Å². The summed E-state index contributed by atoms with van der Waals surface area (Å²) in [6.07, 6.45) is 1.47. The fourth-order valence-electron chi connectivity index (χ4n) is 3.25. The van der Waals surface area contributed by atoms with Crippen LogP contribution in [0.1, 0.15) is 31.5 Å². The first-order valence-corrected chi connectivity index (χ1v) is 6.63. The van der Waals surface area contributed by atoms with Crippen molar-refractivity contribution in [2.75, 3.05) is 6.54 Å². The Bertz CT molecular complexity index is 573. The molecular weight excluding hydrogens is 224 g/mol. The van der Waals surface area contributed by atoms with Gasteiger partial charge in [-0.1, -0.05) is 18.2 Å². The predicted octanol–water partition coefficient (Wildman–Crippen LogP) is 2.30. The number of aliphatic hydroxyl groups is 1. The molecule has 3 N–H and O–H groups in total. The molecule has 0 amide bonds. The number of rotatable bonds is 2. The van der Waals surface area contributed by atoms with Crippen LogP contribution in [-0.2, 0) is 12.0 Å². The molecule has 3 heteroatoms. The van der Waals surface area contributed by atoms with Gasteiger partial charge in [0.15, 0.2) is 0 Å². The maximum absolute atomic E-state index is 9.72. The molecule has 1 aromatic heterocycles. The molecule has 0 aliphatic carbocycles. The van der Waals surface area contributed by atoms with Crippen LogP contribution in [0, 0.1) is 0 Å². The first kappa shape index (κ1) is 11.8. The Balaban J connectivity index is 2.16. The molecular formula is C15H20N2O. The number of para-hydroxylation sites is 1. The van der Waals surface area contributed by atoms with Crippen LogP contribution in [0.5, 0.6) is 0 Å². The van der Waals surface area contributed by atoms with E-state index < -0.39 is 0 Å². The molecule has 2 atom stereocenters. The molecule has 0 saturated carbocycles. The summed E-state index contributed by atoms with van der Waals surface area (Å²) >= 11 is 0. The highest BCUT2D eigenvalue weighted by Gasteiger charge is 2.35. The molecule has 1 aromatic carbocycles. The summed E-state index contributed by atoms with van der Waals surface area (Å²) in [7, 11) is 0. The average molecular weight is 244 g/mol. The van der Waals surface area contributed by atoms with Gasteiger partial charge in [0.25, 0.3) is 0 Å². The standard InChI is InChI=1S/C15H20N2O/c1-10(18)9-15(2)14-12(7-8-16-15)11-5-3-4-6-13(11)17-14/h3-6,10,16-18H,7-9H2,1-2H3. The number of aromatic amines is 1. The molecule has 96 valence electrons. The van der Waals surface area contributed by atoms with Crippen molar-refractivity contribution in [2.45, 2.75) is 38.3 Å². The fraction of sp³-hybridized carbons (Fsp3) is 0.467. The number of hydrogen-bond acceptors (Lipinski definition) is 2. The van der Waals surface area contributed by atoms with E-state index in [1.807, 2.05) is 6.92 Å². The average Bonchev–Trinajstić information content (AvgIpc) is 2.69. The van der Waals surface area contributed by atoms with E-state index >= 15 is 0 Å². The number of aromatic nitrogens is 1. The zero-order valence-electron chi connectivity index (χ0n) is 11.0. The third-order valence-corrected chi connectivity index (χ3v) is 3.96. The molecule has 3 rings (SSSR count). The smallest absolute Gasteiger partial charge is 0.0585 e. The van der Waals surface area contributed by atoms with E-state index in [1.54, 1.807) is 0 Å². The summed E-state index contributed by atoms with van der Waals surface area (Å²) in [5, 5.41) is 14.6. The second kappa shape index (κ2) is 4.11. The molecule has 0 bridgehead atoms. The van der Waals surface area contributed by atoms with E-state index in [4.69, 9.17) is 0 Å². The quantitative estimate of drug-likeness (QED) is 0.759. The van der Waals surface area contributed by atoms with Crippen LogP contribution in [0.15, 0.2) is 24.3 Å². The molecule has 0 fully saturated rings. The Hall–Kier alpha value is -1.32. The minimum Gasteiger partial charge on any atom is -0.393 e. The Morgan fingerprint density at radius 2 is 2.17 bits per heavy atom. The van der Waals surface area contributed by atoms with Gasteiger partial charge in [0.05, 0.1) is 11.6 Å². The molecule has 0 radical (unpaired) electrons. The maximum Gasteiger partial charge on any atom is 0.0585 e. The lowest BCUT2D eigenvalue weighted by molar-refractivity contribution is 0.134. The Kier molecular flexibility index (Phi) is 2.68. The number of aliphatic hydroxyl groups excluding tert-OH is 1. The first-order chi connectivity index (χ1) is 8.60. The van der Waals surface area contributed by atoms with Gasteiger partial charge in [-0.15, -0.1) is 0 Å². The van der Waals surface area contributed by atoms with Crippen LogP contribution in [0.3, 0.4) is 0 Å². The number of hydrogen-bond donors (Lipinski definition) is 3. The first-order valence-electron chi connectivity index (χ1n) is 6.63. The van der Waals surface area contributed by atoms with Gasteiger partial charge in [-0.25, -0.2) is 0 Å². The van der Waals surface area contributed by atoms with Crippen molar-refractivity contribution in [3.63, 3.8) is 0 Å². The summed E-state index contributed by atoms with van der Waals surface area (Å²) < 4.78 is 0. The summed E-state index contributed by atoms with van der Waals surface area (Å²) in [5.41, 5.74) is 3.70. The molecule has 1 aliphatic rings. The second-order valence-electron chi connectivity index (χ2n) is 5.59. The number of fused-ring (bicyclic) bond motifs is 3.